The van der Waals surface area contributed by atoms with Crippen LogP contribution in [0.4, 0.5) is 4.79 Å². The first-order valence-electron chi connectivity index (χ1n) is 11.6. The maximum Gasteiger partial charge on any atom is 0.410 e. The molecule has 0 bridgehead atoms. The second kappa shape index (κ2) is 9.81. The number of aromatic nitrogens is 3. The zero-order valence-electron chi connectivity index (χ0n) is 19.0. The minimum absolute atomic E-state index is 0.302. The molecule has 2 aromatic carbocycles. The topological polar surface area (TPSA) is 72.4 Å². The van der Waals surface area contributed by atoms with Crippen molar-refractivity contribution in [3.63, 3.8) is 0 Å². The van der Waals surface area contributed by atoms with Crippen LogP contribution in [0, 0.1) is 0 Å². The summed E-state index contributed by atoms with van der Waals surface area (Å²) in [6, 6.07) is 13.5. The van der Waals surface area contributed by atoms with E-state index in [9.17, 15) is 4.79 Å². The Labute approximate surface area is 203 Å². The maximum absolute atomic E-state index is 12.9. The molecule has 0 saturated carbocycles. The van der Waals surface area contributed by atoms with Gasteiger partial charge in [-0.25, -0.2) is 9.78 Å². The molecular weight excluding hydrogens is 452 g/mol. The lowest BCUT2D eigenvalue weighted by Crippen LogP contribution is -2.41. The Morgan fingerprint density at radius 1 is 1.26 bits per heavy atom. The van der Waals surface area contributed by atoms with Crippen LogP contribution >= 0.6 is 11.6 Å². The van der Waals surface area contributed by atoms with Crippen LogP contribution in [0.15, 0.2) is 61.2 Å². The van der Waals surface area contributed by atoms with Crippen molar-refractivity contribution in [2.45, 2.75) is 32.4 Å². The van der Waals surface area contributed by atoms with Crippen molar-refractivity contribution in [1.82, 2.24) is 19.4 Å². The van der Waals surface area contributed by atoms with Gasteiger partial charge in [-0.3, -0.25) is 4.90 Å². The quantitative estimate of drug-likeness (QED) is 0.351. The average Bonchev–Trinajstić information content (AvgIpc) is 3.49. The molecule has 176 valence electrons. The van der Waals surface area contributed by atoms with Gasteiger partial charge in [0.05, 0.1) is 19.5 Å². The normalized spacial score (nSPS) is 15.4. The SMILES string of the molecule is CCOC(=O)N1CCc2c([nH]c3ccc(Cl)cc23)C1c1cccc(OCCCn2ccnc2)c1. The summed E-state index contributed by atoms with van der Waals surface area (Å²) in [6.07, 6.45) is 6.80. The second-order valence-electron chi connectivity index (χ2n) is 8.33. The Morgan fingerprint density at radius 3 is 3.00 bits per heavy atom. The number of benzene rings is 2. The van der Waals surface area contributed by atoms with Gasteiger partial charge in [0.1, 0.15) is 11.8 Å². The van der Waals surface area contributed by atoms with Crippen LogP contribution in [0.2, 0.25) is 5.02 Å². The molecule has 0 saturated heterocycles. The molecule has 1 aliphatic heterocycles. The van der Waals surface area contributed by atoms with Crippen molar-refractivity contribution >= 4 is 28.6 Å². The molecule has 0 fully saturated rings. The molecule has 1 atom stereocenters. The largest absolute Gasteiger partial charge is 0.494 e. The molecule has 1 aliphatic rings. The minimum atomic E-state index is -0.318. The van der Waals surface area contributed by atoms with E-state index in [1.807, 2.05) is 60.2 Å². The number of nitrogens with one attached hydrogen (secondary N) is 1. The van der Waals surface area contributed by atoms with E-state index < -0.39 is 0 Å². The van der Waals surface area contributed by atoms with Crippen LogP contribution in [0.5, 0.6) is 5.75 Å². The molecule has 1 amide bonds. The molecule has 8 heteroatoms. The van der Waals surface area contributed by atoms with Crippen LogP contribution in [0.3, 0.4) is 0 Å². The highest BCUT2D eigenvalue weighted by Gasteiger charge is 2.35. The number of rotatable bonds is 7. The number of carbonyl (C=O) groups is 1. The Morgan fingerprint density at radius 2 is 2.18 bits per heavy atom. The number of aromatic amines is 1. The van der Waals surface area contributed by atoms with Crippen LogP contribution in [0.1, 0.15) is 36.2 Å². The number of fused-ring (bicyclic) bond motifs is 3. The van der Waals surface area contributed by atoms with Gasteiger partial charge in [-0.2, -0.15) is 0 Å². The highest BCUT2D eigenvalue weighted by Crippen LogP contribution is 2.40. The monoisotopic (exact) mass is 478 g/mol. The molecule has 1 unspecified atom stereocenters. The third-order valence-electron chi connectivity index (χ3n) is 6.15. The van der Waals surface area contributed by atoms with Gasteiger partial charge < -0.3 is 19.0 Å². The number of H-pyrrole nitrogens is 1. The van der Waals surface area contributed by atoms with Gasteiger partial charge in [0.2, 0.25) is 0 Å². The third-order valence-corrected chi connectivity index (χ3v) is 6.39. The lowest BCUT2D eigenvalue weighted by Gasteiger charge is -2.35. The summed E-state index contributed by atoms with van der Waals surface area (Å²) in [4.78, 5) is 22.3. The van der Waals surface area contributed by atoms with E-state index in [0.717, 1.165) is 47.3 Å². The molecule has 1 N–H and O–H groups in total. The number of halogens is 1. The van der Waals surface area contributed by atoms with Crippen molar-refractivity contribution < 1.29 is 14.3 Å². The predicted octanol–water partition coefficient (Wildman–Crippen LogP) is 5.59. The van der Waals surface area contributed by atoms with Crippen LogP contribution < -0.4 is 4.74 Å². The zero-order chi connectivity index (χ0) is 23.5. The van der Waals surface area contributed by atoms with Gasteiger partial charge in [0.15, 0.2) is 0 Å². The summed E-state index contributed by atoms with van der Waals surface area (Å²) in [5.74, 6) is 0.776. The molecular formula is C26H27ClN4O3. The smallest absolute Gasteiger partial charge is 0.410 e. The van der Waals surface area contributed by atoms with E-state index in [2.05, 4.69) is 9.97 Å². The fourth-order valence-electron chi connectivity index (χ4n) is 4.64. The summed E-state index contributed by atoms with van der Waals surface area (Å²) in [5, 5.41) is 1.80. The number of nitrogens with zero attached hydrogens (tertiary/aromatic N) is 3. The highest BCUT2D eigenvalue weighted by molar-refractivity contribution is 6.31. The average molecular weight is 479 g/mol. The lowest BCUT2D eigenvalue weighted by molar-refractivity contribution is 0.0931. The van der Waals surface area contributed by atoms with Crippen molar-refractivity contribution in [3.8, 4) is 5.75 Å². The predicted molar refractivity (Wildman–Crippen MR) is 131 cm³/mol. The van der Waals surface area contributed by atoms with Crippen molar-refractivity contribution in [1.29, 1.82) is 0 Å². The van der Waals surface area contributed by atoms with Crippen LogP contribution in [-0.4, -0.2) is 45.3 Å². The standard InChI is InChI=1S/C26H27ClN4O3/c1-2-33-26(32)31-12-9-21-22-16-19(27)7-8-23(22)29-24(21)25(31)18-5-3-6-20(15-18)34-14-4-11-30-13-10-28-17-30/h3,5-8,10,13,15-17,25,29H,2,4,9,11-12,14H2,1H3. The fraction of sp³-hybridized carbons (Fsp3) is 0.308. The molecule has 7 nitrogen and oxygen atoms in total. The number of ether oxygens (including phenoxy) is 2. The highest BCUT2D eigenvalue weighted by atomic mass is 35.5. The van der Waals surface area contributed by atoms with E-state index in [0.29, 0.717) is 24.8 Å². The first kappa shape index (κ1) is 22.3. The Balaban J connectivity index is 1.44. The first-order valence-corrected chi connectivity index (χ1v) is 11.9. The Kier molecular flexibility index (Phi) is 6.45. The fourth-order valence-corrected chi connectivity index (χ4v) is 4.81. The van der Waals surface area contributed by atoms with Gasteiger partial charge in [-0.05, 0) is 61.2 Å². The van der Waals surface area contributed by atoms with Gasteiger partial charge in [-0.15, -0.1) is 0 Å². The summed E-state index contributed by atoms with van der Waals surface area (Å²) >= 11 is 6.29. The minimum Gasteiger partial charge on any atom is -0.494 e. The van der Waals surface area contributed by atoms with Crippen molar-refractivity contribution in [2.75, 3.05) is 19.8 Å². The molecule has 4 aromatic rings. The number of aryl methyl sites for hydroxylation is 1. The summed E-state index contributed by atoms with van der Waals surface area (Å²) in [7, 11) is 0. The van der Waals surface area contributed by atoms with Crippen molar-refractivity contribution in [3.05, 3.63) is 83.0 Å². The number of hydrogen-bond donors (Lipinski definition) is 1. The third kappa shape index (κ3) is 4.48. The molecule has 5 rings (SSSR count). The summed E-state index contributed by atoms with van der Waals surface area (Å²) in [6.45, 7) is 4.15. The van der Waals surface area contributed by atoms with Gasteiger partial charge in [-0.1, -0.05) is 23.7 Å². The molecule has 2 aromatic heterocycles. The Hall–Kier alpha value is -3.45. The van der Waals surface area contributed by atoms with Gasteiger partial charge in [0.25, 0.3) is 0 Å². The Bertz CT molecular complexity index is 1280. The van der Waals surface area contributed by atoms with E-state index in [1.54, 1.807) is 17.4 Å². The molecule has 34 heavy (non-hydrogen) atoms. The van der Waals surface area contributed by atoms with E-state index in [1.165, 1.54) is 5.56 Å². The number of amides is 1. The zero-order valence-corrected chi connectivity index (χ0v) is 19.8. The molecule has 0 spiro atoms. The summed E-state index contributed by atoms with van der Waals surface area (Å²) < 4.78 is 13.5. The summed E-state index contributed by atoms with van der Waals surface area (Å²) in [5.41, 5.74) is 4.17. The molecule has 0 aliphatic carbocycles. The number of imidazole rings is 1. The molecule has 3 heterocycles. The molecule has 0 radical (unpaired) electrons. The van der Waals surface area contributed by atoms with Gasteiger partial charge in [0, 0.05) is 47.1 Å². The van der Waals surface area contributed by atoms with E-state index in [-0.39, 0.29) is 12.1 Å². The van der Waals surface area contributed by atoms with Crippen LogP contribution in [0.25, 0.3) is 10.9 Å². The van der Waals surface area contributed by atoms with Crippen molar-refractivity contribution in [2.24, 2.45) is 0 Å². The van der Waals surface area contributed by atoms with E-state index >= 15 is 0 Å². The van der Waals surface area contributed by atoms with E-state index in [4.69, 9.17) is 21.1 Å². The number of hydrogen-bond acceptors (Lipinski definition) is 4. The van der Waals surface area contributed by atoms with Crippen LogP contribution in [-0.2, 0) is 17.7 Å². The second-order valence-corrected chi connectivity index (χ2v) is 8.76. The first-order chi connectivity index (χ1) is 16.6. The lowest BCUT2D eigenvalue weighted by atomic mass is 9.92. The van der Waals surface area contributed by atoms with Gasteiger partial charge >= 0.3 is 6.09 Å². The maximum atomic E-state index is 12.9. The number of carbonyl (C=O) groups excluding carboxylic acids is 1.